The largest absolute Gasteiger partial charge is 0.316 e. The smallest absolute Gasteiger partial charge is 0.138 e. The Labute approximate surface area is 202 Å². The van der Waals surface area contributed by atoms with E-state index in [1.165, 1.54) is 36.8 Å². The highest BCUT2D eigenvalue weighted by molar-refractivity contribution is 9.10. The molecular formula is C24H35BrF2N2O2S. The highest BCUT2D eigenvalue weighted by Crippen LogP contribution is 2.22. The second-order valence-electron chi connectivity index (χ2n) is 6.68. The Morgan fingerprint density at radius 1 is 1.16 bits per heavy atom. The van der Waals surface area contributed by atoms with Crippen LogP contribution in [0, 0.1) is 11.6 Å². The minimum absolute atomic E-state index is 0.218. The molecule has 0 aromatic heterocycles. The van der Waals surface area contributed by atoms with Crippen LogP contribution in [0.3, 0.4) is 0 Å². The first kappa shape index (κ1) is 30.5. The topological polar surface area (TPSA) is 49.4 Å². The summed E-state index contributed by atoms with van der Waals surface area (Å²) in [6, 6.07) is 10.3. The van der Waals surface area contributed by atoms with Gasteiger partial charge in [0.1, 0.15) is 28.9 Å². The quantitative estimate of drug-likeness (QED) is 0.462. The molecule has 3 rings (SSSR count). The van der Waals surface area contributed by atoms with Crippen molar-refractivity contribution < 1.29 is 17.8 Å². The molecule has 32 heavy (non-hydrogen) atoms. The van der Waals surface area contributed by atoms with Crippen molar-refractivity contribution in [1.29, 1.82) is 0 Å². The van der Waals surface area contributed by atoms with Crippen molar-refractivity contribution in [3.05, 3.63) is 64.1 Å². The fourth-order valence-corrected chi connectivity index (χ4v) is 4.41. The molecule has 2 atom stereocenters. The number of carbonyl (C=O) groups excluding carboxylic acids is 1. The van der Waals surface area contributed by atoms with Gasteiger partial charge in [-0.15, -0.1) is 0 Å². The Hall–Kier alpha value is -1.48. The Morgan fingerprint density at radius 2 is 1.75 bits per heavy atom. The van der Waals surface area contributed by atoms with E-state index in [2.05, 4.69) is 35.1 Å². The average molecular weight is 534 g/mol. The van der Waals surface area contributed by atoms with Gasteiger partial charge in [0.2, 0.25) is 0 Å². The Balaban J connectivity index is 0.000000523. The van der Waals surface area contributed by atoms with E-state index in [0.717, 1.165) is 31.2 Å². The lowest BCUT2D eigenvalue weighted by Gasteiger charge is -2.18. The van der Waals surface area contributed by atoms with E-state index in [4.69, 9.17) is 0 Å². The van der Waals surface area contributed by atoms with E-state index in [-0.39, 0.29) is 17.7 Å². The zero-order valence-electron chi connectivity index (χ0n) is 19.5. The van der Waals surface area contributed by atoms with Crippen LogP contribution in [0.5, 0.6) is 0 Å². The molecule has 0 saturated carbocycles. The fraction of sp³-hybridized carbons (Fsp3) is 0.458. The van der Waals surface area contributed by atoms with Crippen molar-refractivity contribution in [1.82, 2.24) is 9.62 Å². The number of nitrogens with one attached hydrogen (secondary N) is 1. The average Bonchev–Trinajstić information content (AvgIpc) is 3.28. The lowest BCUT2D eigenvalue weighted by molar-refractivity contribution is -0.110. The number of hydrogen-bond acceptors (Lipinski definition) is 3. The van der Waals surface area contributed by atoms with Crippen LogP contribution in [0.4, 0.5) is 8.78 Å². The van der Waals surface area contributed by atoms with Gasteiger partial charge in [0, 0.05) is 13.1 Å². The van der Waals surface area contributed by atoms with Crippen LogP contribution < -0.4 is 5.32 Å². The van der Waals surface area contributed by atoms with Crippen LogP contribution in [0.1, 0.15) is 52.5 Å². The monoisotopic (exact) mass is 532 g/mol. The molecule has 1 saturated heterocycles. The maximum atomic E-state index is 12.7. The second-order valence-corrected chi connectivity index (χ2v) is 8.97. The third kappa shape index (κ3) is 10.9. The lowest BCUT2D eigenvalue weighted by atomic mass is 10.2. The molecule has 1 fully saturated rings. The predicted octanol–water partition coefficient (Wildman–Crippen LogP) is 6.26. The Kier molecular flexibility index (Phi) is 17.2. The normalized spacial score (nSPS) is 15.8. The summed E-state index contributed by atoms with van der Waals surface area (Å²) in [7, 11) is 0.497. The number of carbonyl (C=O) groups is 1. The molecule has 2 unspecified atom stereocenters. The second kappa shape index (κ2) is 18.0. The van der Waals surface area contributed by atoms with Gasteiger partial charge in [-0.05, 0) is 77.8 Å². The summed E-state index contributed by atoms with van der Waals surface area (Å²) in [4.78, 5) is 11.3. The summed E-state index contributed by atoms with van der Waals surface area (Å²) >= 11 is 3.11. The third-order valence-corrected chi connectivity index (χ3v) is 6.16. The first-order valence-electron chi connectivity index (χ1n) is 10.9. The van der Waals surface area contributed by atoms with Crippen LogP contribution in [0.2, 0.25) is 0 Å². The van der Waals surface area contributed by atoms with Gasteiger partial charge in [-0.3, -0.25) is 0 Å². The van der Waals surface area contributed by atoms with Crippen LogP contribution in [0.15, 0.2) is 51.8 Å². The van der Waals surface area contributed by atoms with Gasteiger partial charge < -0.3 is 10.1 Å². The first-order chi connectivity index (χ1) is 15.4. The molecule has 8 heteroatoms. The maximum absolute atomic E-state index is 12.7. The van der Waals surface area contributed by atoms with E-state index in [0.29, 0.717) is 15.9 Å². The van der Waals surface area contributed by atoms with Gasteiger partial charge in [0.15, 0.2) is 0 Å². The molecular weight excluding hydrogens is 498 g/mol. The minimum atomic E-state index is -1.36. The standard InChI is InChI=1S/C11H12FNO2S.C8H9BrFN.C3H8.C2H6/c12-9-3-5-11(6-4-9)16(15)13-7-1-2-10(13)8-14;1-11-5-6-2-3-8(10)7(9)4-6;1-3-2;1-2/h3-6,8,10H,1-2,7H2;2-4,11H,5H2,1H3;3H2,1-2H3;1-2H3. The highest BCUT2D eigenvalue weighted by atomic mass is 79.9. The highest BCUT2D eigenvalue weighted by Gasteiger charge is 2.29. The molecule has 2 aromatic rings. The van der Waals surface area contributed by atoms with E-state index in [9.17, 15) is 17.8 Å². The van der Waals surface area contributed by atoms with Gasteiger partial charge in [-0.1, -0.05) is 40.2 Å². The summed E-state index contributed by atoms with van der Waals surface area (Å²) < 4.78 is 39.6. The number of aldehydes is 1. The van der Waals surface area contributed by atoms with Crippen LogP contribution >= 0.6 is 15.9 Å². The Bertz CT molecular complexity index is 807. The minimum Gasteiger partial charge on any atom is -0.316 e. The van der Waals surface area contributed by atoms with Crippen LogP contribution in [0.25, 0.3) is 0 Å². The maximum Gasteiger partial charge on any atom is 0.138 e. The summed E-state index contributed by atoms with van der Waals surface area (Å²) in [5.74, 6) is -0.570. The number of nitrogens with zero attached hydrogens (tertiary/aromatic N) is 1. The molecule has 180 valence electrons. The number of halogens is 3. The van der Waals surface area contributed by atoms with Gasteiger partial charge in [0.05, 0.1) is 15.4 Å². The summed E-state index contributed by atoms with van der Waals surface area (Å²) in [5, 5.41) is 2.99. The van der Waals surface area contributed by atoms with Crippen molar-refractivity contribution in [2.45, 2.75) is 64.4 Å². The molecule has 0 radical (unpaired) electrons. The van der Waals surface area contributed by atoms with Crippen LogP contribution in [-0.2, 0) is 22.3 Å². The molecule has 1 N–H and O–H groups in total. The summed E-state index contributed by atoms with van der Waals surface area (Å²) in [6.07, 6.45) is 3.70. The van der Waals surface area contributed by atoms with Crippen LogP contribution in [-0.4, -0.2) is 34.4 Å². The molecule has 0 spiro atoms. The summed E-state index contributed by atoms with van der Waals surface area (Å²) in [5.41, 5.74) is 1.07. The van der Waals surface area contributed by atoms with Crippen molar-refractivity contribution in [2.75, 3.05) is 13.6 Å². The lowest BCUT2D eigenvalue weighted by Crippen LogP contribution is -2.32. The first-order valence-corrected chi connectivity index (χ1v) is 12.8. The zero-order chi connectivity index (χ0) is 24.5. The fourth-order valence-electron chi connectivity index (χ4n) is 2.65. The Morgan fingerprint density at radius 3 is 2.25 bits per heavy atom. The molecule has 1 aliphatic heterocycles. The predicted molar refractivity (Wildman–Crippen MR) is 133 cm³/mol. The van der Waals surface area contributed by atoms with E-state index < -0.39 is 11.0 Å². The van der Waals surface area contributed by atoms with Gasteiger partial charge in [-0.25, -0.2) is 17.3 Å². The molecule has 1 aliphatic rings. The van der Waals surface area contributed by atoms with Gasteiger partial charge in [-0.2, -0.15) is 0 Å². The molecule has 0 aliphatic carbocycles. The summed E-state index contributed by atoms with van der Waals surface area (Å²) in [6.45, 7) is 9.66. The number of benzene rings is 2. The van der Waals surface area contributed by atoms with Crippen molar-refractivity contribution in [3.63, 3.8) is 0 Å². The zero-order valence-corrected chi connectivity index (χ0v) is 21.9. The number of rotatable bonds is 5. The van der Waals surface area contributed by atoms with E-state index in [1.807, 2.05) is 20.9 Å². The van der Waals surface area contributed by atoms with Crippen molar-refractivity contribution >= 4 is 33.2 Å². The molecule has 0 amide bonds. The van der Waals surface area contributed by atoms with E-state index in [1.54, 1.807) is 16.4 Å². The van der Waals surface area contributed by atoms with Crippen molar-refractivity contribution in [3.8, 4) is 0 Å². The van der Waals surface area contributed by atoms with Gasteiger partial charge in [0.25, 0.3) is 0 Å². The van der Waals surface area contributed by atoms with E-state index >= 15 is 0 Å². The van der Waals surface area contributed by atoms with Crippen molar-refractivity contribution in [2.24, 2.45) is 0 Å². The molecule has 0 bridgehead atoms. The third-order valence-electron chi connectivity index (χ3n) is 4.00. The molecule has 4 nitrogen and oxygen atoms in total. The molecule has 2 aromatic carbocycles. The molecule has 1 heterocycles. The SMILES string of the molecule is CC.CCC.CNCc1ccc(F)c(Br)c1.O=CC1CCCN1S(=O)c1ccc(F)cc1. The van der Waals surface area contributed by atoms with Gasteiger partial charge >= 0.3 is 0 Å². The number of hydrogen-bond donors (Lipinski definition) is 1.